The fourth-order valence-electron chi connectivity index (χ4n) is 8.80. The summed E-state index contributed by atoms with van der Waals surface area (Å²) in [6.07, 6.45) is 9.06. The van der Waals surface area contributed by atoms with Crippen LogP contribution in [0.2, 0.25) is 0 Å². The van der Waals surface area contributed by atoms with Gasteiger partial charge in [0.25, 0.3) is 5.91 Å². The standard InChI is InChI=1S/C38H40N4O3/c1-26-39-33-12-6-7-13-34(33)42(26)30-23-28-15-16-29(24-30)41(28)22-19-38(27-9-3-2-4-10-27)17-20-40(21-18-38)37(44)32-25-45-35-14-8-5-11-31(35)36(32)43/h2-14,25,28-30H,15-24H2,1H3/t28-,29+,30?. The number of fused-ring (bicyclic) bond motifs is 4. The second-order valence-electron chi connectivity index (χ2n) is 13.4. The summed E-state index contributed by atoms with van der Waals surface area (Å²) >= 11 is 0. The van der Waals surface area contributed by atoms with Crippen LogP contribution < -0.4 is 5.43 Å². The van der Waals surface area contributed by atoms with Crippen LogP contribution in [-0.2, 0) is 5.41 Å². The molecule has 2 aromatic heterocycles. The zero-order valence-corrected chi connectivity index (χ0v) is 25.9. The maximum atomic E-state index is 13.6. The lowest BCUT2D eigenvalue weighted by atomic mass is 9.70. The van der Waals surface area contributed by atoms with Crippen LogP contribution in [0.1, 0.15) is 72.7 Å². The van der Waals surface area contributed by atoms with Gasteiger partial charge >= 0.3 is 0 Å². The van der Waals surface area contributed by atoms with Crippen molar-refractivity contribution >= 4 is 27.9 Å². The molecule has 3 aliphatic heterocycles. The number of amides is 1. The van der Waals surface area contributed by atoms with Crippen LogP contribution in [0.4, 0.5) is 0 Å². The zero-order chi connectivity index (χ0) is 30.5. The maximum absolute atomic E-state index is 13.6. The van der Waals surface area contributed by atoms with Crippen LogP contribution in [0.15, 0.2) is 94.3 Å². The Kier molecular flexibility index (Phi) is 7.09. The molecular weight excluding hydrogens is 560 g/mol. The highest BCUT2D eigenvalue weighted by Crippen LogP contribution is 2.45. The first-order valence-electron chi connectivity index (χ1n) is 16.6. The first-order valence-corrected chi connectivity index (χ1v) is 16.6. The molecule has 0 radical (unpaired) electrons. The largest absolute Gasteiger partial charge is 0.463 e. The third-order valence-electron chi connectivity index (χ3n) is 11.1. The van der Waals surface area contributed by atoms with Crippen molar-refractivity contribution in [1.29, 1.82) is 0 Å². The first-order chi connectivity index (χ1) is 22.0. The Morgan fingerprint density at radius 3 is 2.36 bits per heavy atom. The Labute approximate surface area is 263 Å². The molecule has 7 nitrogen and oxygen atoms in total. The second-order valence-corrected chi connectivity index (χ2v) is 13.4. The number of aromatic nitrogens is 2. The highest BCUT2D eigenvalue weighted by atomic mass is 16.3. The quantitative estimate of drug-likeness (QED) is 0.212. The number of piperidine rings is 2. The average molecular weight is 601 g/mol. The number of likely N-dealkylation sites (tertiary alicyclic amines) is 1. The van der Waals surface area contributed by atoms with Crippen LogP contribution in [0.5, 0.6) is 0 Å². The van der Waals surface area contributed by atoms with Crippen LogP contribution in [-0.4, -0.2) is 57.0 Å². The molecule has 3 aliphatic rings. The topological polar surface area (TPSA) is 71.6 Å². The highest BCUT2D eigenvalue weighted by Gasteiger charge is 2.44. The van der Waals surface area contributed by atoms with Gasteiger partial charge in [0, 0.05) is 31.2 Å². The highest BCUT2D eigenvalue weighted by molar-refractivity contribution is 5.96. The number of hydrogen-bond acceptors (Lipinski definition) is 5. The Hall–Kier alpha value is -4.23. The molecule has 5 heterocycles. The van der Waals surface area contributed by atoms with Gasteiger partial charge in [0.15, 0.2) is 0 Å². The lowest BCUT2D eigenvalue weighted by Crippen LogP contribution is -2.49. The summed E-state index contributed by atoms with van der Waals surface area (Å²) in [6.45, 7) is 4.48. The number of para-hydroxylation sites is 3. The minimum Gasteiger partial charge on any atom is -0.463 e. The van der Waals surface area contributed by atoms with Crippen molar-refractivity contribution in [3.63, 3.8) is 0 Å². The van der Waals surface area contributed by atoms with Gasteiger partial charge < -0.3 is 13.9 Å². The number of imidazole rings is 1. The van der Waals surface area contributed by atoms with E-state index in [2.05, 4.69) is 71.0 Å². The van der Waals surface area contributed by atoms with Crippen LogP contribution >= 0.6 is 0 Å². The molecule has 3 fully saturated rings. The first kappa shape index (κ1) is 28.3. The fraction of sp³-hybridized carbons (Fsp3) is 0.395. The molecule has 2 bridgehead atoms. The Morgan fingerprint density at radius 1 is 0.889 bits per heavy atom. The molecule has 230 valence electrons. The van der Waals surface area contributed by atoms with Gasteiger partial charge in [-0.3, -0.25) is 14.5 Å². The summed E-state index contributed by atoms with van der Waals surface area (Å²) in [5.41, 5.74) is 4.11. The Balaban J connectivity index is 0.989. The number of rotatable bonds is 6. The van der Waals surface area contributed by atoms with E-state index in [9.17, 15) is 9.59 Å². The molecule has 0 aliphatic carbocycles. The van der Waals surface area contributed by atoms with Gasteiger partial charge in [-0.1, -0.05) is 54.6 Å². The van der Waals surface area contributed by atoms with Crippen molar-refractivity contribution in [3.05, 3.63) is 112 Å². The van der Waals surface area contributed by atoms with Gasteiger partial charge in [-0.2, -0.15) is 0 Å². The Bertz CT molecular complexity index is 1910. The Morgan fingerprint density at radius 2 is 1.58 bits per heavy atom. The van der Waals surface area contributed by atoms with Gasteiger partial charge in [-0.05, 0) is 93.7 Å². The van der Waals surface area contributed by atoms with Crippen molar-refractivity contribution in [2.45, 2.75) is 75.4 Å². The minimum atomic E-state index is -0.250. The van der Waals surface area contributed by atoms with Crippen LogP contribution in [0.25, 0.3) is 22.0 Å². The summed E-state index contributed by atoms with van der Waals surface area (Å²) in [6, 6.07) is 28.3. The average Bonchev–Trinajstić information content (AvgIpc) is 3.54. The van der Waals surface area contributed by atoms with Crippen molar-refractivity contribution in [3.8, 4) is 0 Å². The molecular formula is C38H40N4O3. The van der Waals surface area contributed by atoms with Gasteiger partial charge in [-0.25, -0.2) is 4.98 Å². The fourth-order valence-corrected chi connectivity index (χ4v) is 8.80. The number of carbonyl (C=O) groups excluding carboxylic acids is 1. The molecule has 0 saturated carbocycles. The van der Waals surface area contributed by atoms with E-state index >= 15 is 0 Å². The van der Waals surface area contributed by atoms with Crippen molar-refractivity contribution in [2.24, 2.45) is 0 Å². The maximum Gasteiger partial charge on any atom is 0.261 e. The molecule has 3 atom stereocenters. The van der Waals surface area contributed by atoms with Crippen molar-refractivity contribution in [2.75, 3.05) is 19.6 Å². The third kappa shape index (κ3) is 4.88. The van der Waals surface area contributed by atoms with E-state index in [1.165, 1.54) is 43.0 Å². The van der Waals surface area contributed by atoms with E-state index in [4.69, 9.17) is 9.40 Å². The molecule has 7 heteroatoms. The minimum absolute atomic E-state index is 0.000475. The number of nitrogens with zero attached hydrogens (tertiary/aromatic N) is 4. The van der Waals surface area contributed by atoms with Crippen molar-refractivity contribution in [1.82, 2.24) is 19.4 Å². The van der Waals surface area contributed by atoms with Gasteiger partial charge in [0.1, 0.15) is 23.2 Å². The predicted molar refractivity (Wildman–Crippen MR) is 177 cm³/mol. The summed E-state index contributed by atoms with van der Waals surface area (Å²) < 4.78 is 8.18. The summed E-state index contributed by atoms with van der Waals surface area (Å²) in [5.74, 6) is 0.901. The predicted octanol–water partition coefficient (Wildman–Crippen LogP) is 6.88. The van der Waals surface area contributed by atoms with Crippen LogP contribution in [0, 0.1) is 6.92 Å². The van der Waals surface area contributed by atoms with E-state index in [1.807, 2.05) is 11.0 Å². The van der Waals surface area contributed by atoms with E-state index in [-0.39, 0.29) is 22.3 Å². The molecule has 0 spiro atoms. The van der Waals surface area contributed by atoms with E-state index < -0.39 is 0 Å². The molecule has 5 aromatic rings. The van der Waals surface area contributed by atoms with Crippen LogP contribution in [0.3, 0.4) is 0 Å². The van der Waals surface area contributed by atoms with Gasteiger partial charge in [0.05, 0.1) is 16.4 Å². The molecule has 3 aromatic carbocycles. The molecule has 45 heavy (non-hydrogen) atoms. The summed E-state index contributed by atoms with van der Waals surface area (Å²) in [7, 11) is 0. The number of benzene rings is 3. The SMILES string of the molecule is Cc1nc2ccccc2n1C1C[C@H]2CC[C@@H](C1)N2CCC1(c2ccccc2)CCN(C(=O)c2coc3ccccc3c2=O)CC1. The number of aryl methyl sites for hydroxylation is 1. The smallest absolute Gasteiger partial charge is 0.261 e. The van der Waals surface area contributed by atoms with E-state index in [1.54, 1.807) is 18.2 Å². The van der Waals surface area contributed by atoms with Gasteiger partial charge in [0.2, 0.25) is 5.43 Å². The lowest BCUT2D eigenvalue weighted by Gasteiger charge is -2.45. The lowest BCUT2D eigenvalue weighted by molar-refractivity contribution is 0.0604. The summed E-state index contributed by atoms with van der Waals surface area (Å²) in [4.78, 5) is 36.3. The zero-order valence-electron chi connectivity index (χ0n) is 25.9. The number of carbonyl (C=O) groups is 1. The molecule has 8 rings (SSSR count). The number of hydrogen-bond donors (Lipinski definition) is 0. The van der Waals surface area contributed by atoms with Gasteiger partial charge in [-0.15, -0.1) is 0 Å². The van der Waals surface area contributed by atoms with E-state index in [0.717, 1.165) is 37.1 Å². The summed E-state index contributed by atoms with van der Waals surface area (Å²) in [5, 5.41) is 0.453. The monoisotopic (exact) mass is 600 g/mol. The molecule has 0 N–H and O–H groups in total. The molecule has 1 amide bonds. The second kappa shape index (κ2) is 11.3. The van der Waals surface area contributed by atoms with Crippen molar-refractivity contribution < 1.29 is 9.21 Å². The molecule has 1 unspecified atom stereocenters. The third-order valence-corrected chi connectivity index (χ3v) is 11.1. The normalized spacial score (nSPS) is 23.1. The molecule has 3 saturated heterocycles. The van der Waals surface area contributed by atoms with E-state index in [0.29, 0.717) is 42.2 Å².